The van der Waals surface area contributed by atoms with Gasteiger partial charge in [-0.15, -0.1) is 0 Å². The monoisotopic (exact) mass is 273 g/mol. The van der Waals surface area contributed by atoms with Crippen molar-refractivity contribution in [2.45, 2.75) is 58.0 Å². The summed E-state index contributed by atoms with van der Waals surface area (Å²) < 4.78 is 0. The first-order valence-corrected chi connectivity index (χ1v) is 8.29. The van der Waals surface area contributed by atoms with Gasteiger partial charge in [-0.3, -0.25) is 4.90 Å². The van der Waals surface area contributed by atoms with E-state index in [4.69, 9.17) is 0 Å². The summed E-state index contributed by atoms with van der Waals surface area (Å²) in [5.41, 5.74) is 1.36. The van der Waals surface area contributed by atoms with E-state index in [0.29, 0.717) is 0 Å². The zero-order chi connectivity index (χ0) is 13.8. The van der Waals surface area contributed by atoms with Crippen LogP contribution < -0.4 is 5.32 Å². The van der Waals surface area contributed by atoms with Crippen LogP contribution in [0.2, 0.25) is 0 Å². The number of nitrogens with one attached hydrogen (secondary N) is 1. The molecule has 1 aromatic rings. The second-order valence-corrected chi connectivity index (χ2v) is 6.31. The Labute approximate surface area is 122 Å². The second kappa shape index (κ2) is 6.57. The molecule has 0 radical (unpaired) electrons. The highest BCUT2D eigenvalue weighted by atomic mass is 15.2. The van der Waals surface area contributed by atoms with Gasteiger partial charge in [0.15, 0.2) is 0 Å². The fraction of sp³-hybridized carbons (Fsp3) is 0.706. The van der Waals surface area contributed by atoms with Crippen molar-refractivity contribution in [2.24, 2.45) is 5.92 Å². The molecule has 1 aromatic heterocycles. The first-order valence-electron chi connectivity index (χ1n) is 8.29. The van der Waals surface area contributed by atoms with E-state index in [1.807, 2.05) is 6.20 Å². The van der Waals surface area contributed by atoms with Gasteiger partial charge in [0.2, 0.25) is 0 Å². The Kier molecular flexibility index (Phi) is 4.56. The summed E-state index contributed by atoms with van der Waals surface area (Å²) in [7, 11) is 0. The van der Waals surface area contributed by atoms with E-state index in [1.54, 1.807) is 0 Å². The highest BCUT2D eigenvalue weighted by Gasteiger charge is 2.32. The molecule has 1 aliphatic carbocycles. The average Bonchev–Trinajstić information content (AvgIpc) is 2.50. The summed E-state index contributed by atoms with van der Waals surface area (Å²) in [6.07, 6.45) is 10.6. The third kappa shape index (κ3) is 3.14. The summed E-state index contributed by atoms with van der Waals surface area (Å²) in [5.74, 6) is 1.96. The maximum absolute atomic E-state index is 4.50. The van der Waals surface area contributed by atoms with E-state index < -0.39 is 0 Å². The molecule has 3 rings (SSSR count). The molecule has 2 heterocycles. The molecule has 20 heavy (non-hydrogen) atoms. The van der Waals surface area contributed by atoms with Crippen LogP contribution in [0.15, 0.2) is 18.3 Å². The van der Waals surface area contributed by atoms with Crippen LogP contribution >= 0.6 is 0 Å². The number of hydrogen-bond donors (Lipinski definition) is 1. The quantitative estimate of drug-likeness (QED) is 0.907. The zero-order valence-electron chi connectivity index (χ0n) is 12.6. The predicted octanol–water partition coefficient (Wildman–Crippen LogP) is 3.67. The predicted molar refractivity (Wildman–Crippen MR) is 83.8 cm³/mol. The van der Waals surface area contributed by atoms with Gasteiger partial charge in [-0.05, 0) is 56.7 Å². The number of nitrogens with zero attached hydrogens (tertiary/aromatic N) is 2. The summed E-state index contributed by atoms with van der Waals surface area (Å²) in [4.78, 5) is 7.22. The largest absolute Gasteiger partial charge is 0.370 e. The van der Waals surface area contributed by atoms with Crippen molar-refractivity contribution in [3.63, 3.8) is 0 Å². The lowest BCUT2D eigenvalue weighted by molar-refractivity contribution is 0.0546. The first kappa shape index (κ1) is 13.9. The van der Waals surface area contributed by atoms with Crippen LogP contribution in [0.1, 0.15) is 51.0 Å². The van der Waals surface area contributed by atoms with Gasteiger partial charge in [-0.1, -0.05) is 18.9 Å². The molecule has 2 aliphatic rings. The summed E-state index contributed by atoms with van der Waals surface area (Å²) in [5, 5.41) is 3.26. The molecular weight excluding hydrogens is 246 g/mol. The maximum atomic E-state index is 4.50. The molecule has 110 valence electrons. The molecular formula is C17H27N3. The molecule has 0 aromatic carbocycles. The normalized spacial score (nSPS) is 27.1. The molecule has 2 atom stereocenters. The van der Waals surface area contributed by atoms with Gasteiger partial charge in [-0.25, -0.2) is 4.98 Å². The number of pyridine rings is 1. The number of likely N-dealkylation sites (tertiary alicyclic amines) is 1. The van der Waals surface area contributed by atoms with Crippen molar-refractivity contribution in [3.05, 3.63) is 23.9 Å². The van der Waals surface area contributed by atoms with Crippen molar-refractivity contribution in [2.75, 3.05) is 18.4 Å². The van der Waals surface area contributed by atoms with Crippen molar-refractivity contribution in [3.8, 4) is 0 Å². The smallest absolute Gasteiger partial charge is 0.125 e. The van der Waals surface area contributed by atoms with Crippen LogP contribution in [0.5, 0.6) is 0 Å². The Bertz CT molecular complexity index is 413. The number of anilines is 1. The minimum atomic E-state index is 0.839. The molecule has 3 heteroatoms. The third-order valence-corrected chi connectivity index (χ3v) is 4.93. The maximum Gasteiger partial charge on any atom is 0.125 e. The Hall–Kier alpha value is -1.09. The molecule has 1 saturated carbocycles. The van der Waals surface area contributed by atoms with Crippen LogP contribution in [0.25, 0.3) is 0 Å². The van der Waals surface area contributed by atoms with Gasteiger partial charge in [0.1, 0.15) is 5.82 Å². The molecule has 0 unspecified atom stereocenters. The van der Waals surface area contributed by atoms with Crippen LogP contribution in [0.3, 0.4) is 0 Å². The van der Waals surface area contributed by atoms with E-state index in [0.717, 1.165) is 30.9 Å². The zero-order valence-corrected chi connectivity index (χ0v) is 12.6. The van der Waals surface area contributed by atoms with E-state index in [2.05, 4.69) is 34.3 Å². The summed E-state index contributed by atoms with van der Waals surface area (Å²) in [6.45, 7) is 5.39. The topological polar surface area (TPSA) is 28.2 Å². The van der Waals surface area contributed by atoms with Crippen molar-refractivity contribution >= 4 is 5.82 Å². The van der Waals surface area contributed by atoms with Gasteiger partial charge >= 0.3 is 0 Å². The summed E-state index contributed by atoms with van der Waals surface area (Å²) in [6, 6.07) is 5.18. The van der Waals surface area contributed by atoms with Gasteiger partial charge in [-0.2, -0.15) is 0 Å². The van der Waals surface area contributed by atoms with E-state index in [9.17, 15) is 0 Å². The molecule has 0 bridgehead atoms. The second-order valence-electron chi connectivity index (χ2n) is 6.31. The minimum Gasteiger partial charge on any atom is -0.370 e. The van der Waals surface area contributed by atoms with Gasteiger partial charge in [0, 0.05) is 25.3 Å². The number of hydrogen-bond acceptors (Lipinski definition) is 3. The summed E-state index contributed by atoms with van der Waals surface area (Å²) >= 11 is 0. The van der Waals surface area contributed by atoms with Gasteiger partial charge in [0.25, 0.3) is 0 Å². The number of piperidine rings is 1. The van der Waals surface area contributed by atoms with Crippen LogP contribution in [0, 0.1) is 5.92 Å². The van der Waals surface area contributed by atoms with E-state index in [1.165, 1.54) is 50.6 Å². The highest BCUT2D eigenvalue weighted by molar-refractivity contribution is 5.35. The SMILES string of the molecule is CCNc1ccc(CN2CCC[C@H]3CCCC[C@H]32)cn1. The molecule has 3 nitrogen and oxygen atoms in total. The molecule has 1 aliphatic heterocycles. The standard InChI is InChI=1S/C17H27N3/c1-2-18-17-10-9-14(12-19-17)13-20-11-5-7-15-6-3-4-8-16(15)20/h9-10,12,15-16H,2-8,11,13H2,1H3,(H,18,19)/t15-,16-/m1/s1. The fourth-order valence-electron chi connectivity index (χ4n) is 3.96. The van der Waals surface area contributed by atoms with E-state index in [-0.39, 0.29) is 0 Å². The number of rotatable bonds is 4. The fourth-order valence-corrected chi connectivity index (χ4v) is 3.96. The molecule has 2 fully saturated rings. The Balaban J connectivity index is 1.63. The van der Waals surface area contributed by atoms with Crippen LogP contribution in [-0.4, -0.2) is 29.0 Å². The van der Waals surface area contributed by atoms with E-state index >= 15 is 0 Å². The Morgan fingerprint density at radius 2 is 2.05 bits per heavy atom. The van der Waals surface area contributed by atoms with Crippen molar-refractivity contribution < 1.29 is 0 Å². The lowest BCUT2D eigenvalue weighted by Crippen LogP contribution is -2.46. The van der Waals surface area contributed by atoms with Crippen LogP contribution in [0.4, 0.5) is 5.82 Å². The number of fused-ring (bicyclic) bond motifs is 1. The third-order valence-electron chi connectivity index (χ3n) is 4.93. The average molecular weight is 273 g/mol. The lowest BCUT2D eigenvalue weighted by Gasteiger charge is -2.44. The molecule has 0 spiro atoms. The first-order chi connectivity index (χ1) is 9.86. The Morgan fingerprint density at radius 1 is 1.20 bits per heavy atom. The van der Waals surface area contributed by atoms with Gasteiger partial charge in [0.05, 0.1) is 0 Å². The van der Waals surface area contributed by atoms with Crippen molar-refractivity contribution in [1.29, 1.82) is 0 Å². The molecule has 1 saturated heterocycles. The van der Waals surface area contributed by atoms with Crippen molar-refractivity contribution in [1.82, 2.24) is 9.88 Å². The van der Waals surface area contributed by atoms with Gasteiger partial charge < -0.3 is 5.32 Å². The number of aromatic nitrogens is 1. The minimum absolute atomic E-state index is 0.839. The molecule has 1 N–H and O–H groups in total. The lowest BCUT2D eigenvalue weighted by atomic mass is 9.78. The van der Waals surface area contributed by atoms with Crippen LogP contribution in [-0.2, 0) is 6.54 Å². The Morgan fingerprint density at radius 3 is 2.85 bits per heavy atom. The highest BCUT2D eigenvalue weighted by Crippen LogP contribution is 2.35. The molecule has 0 amide bonds.